The van der Waals surface area contributed by atoms with E-state index in [0.29, 0.717) is 30.9 Å². The largest absolute Gasteiger partial charge is 0.451 e. The van der Waals surface area contributed by atoms with Gasteiger partial charge in [0.05, 0.1) is 11.3 Å². The highest BCUT2D eigenvalue weighted by Gasteiger charge is 2.42. The molecule has 0 bridgehead atoms. The summed E-state index contributed by atoms with van der Waals surface area (Å²) in [6.07, 6.45) is 0.981. The number of aromatic nitrogens is 2. The highest BCUT2D eigenvalue weighted by Crippen LogP contribution is 2.36. The molecule has 2 aromatic rings. The molecular formula is C16H17F3N4O. The van der Waals surface area contributed by atoms with Gasteiger partial charge in [0.15, 0.2) is 6.39 Å². The van der Waals surface area contributed by atoms with Gasteiger partial charge in [0.2, 0.25) is 0 Å². The Hall–Kier alpha value is -2.09. The molecule has 2 aliphatic heterocycles. The molecule has 0 saturated carbocycles. The van der Waals surface area contributed by atoms with Crippen LogP contribution in [0.5, 0.6) is 0 Å². The van der Waals surface area contributed by atoms with Crippen molar-refractivity contribution in [3.05, 3.63) is 42.2 Å². The van der Waals surface area contributed by atoms with E-state index in [4.69, 9.17) is 4.42 Å². The Bertz CT molecular complexity index is 704. The lowest BCUT2D eigenvalue weighted by Gasteiger charge is -2.24. The van der Waals surface area contributed by atoms with Crippen LogP contribution in [0, 0.1) is 5.92 Å². The van der Waals surface area contributed by atoms with Crippen LogP contribution in [0.2, 0.25) is 0 Å². The summed E-state index contributed by atoms with van der Waals surface area (Å²) in [5, 5.41) is 0. The maximum atomic E-state index is 12.9. The Morgan fingerprint density at radius 3 is 2.88 bits per heavy atom. The first kappa shape index (κ1) is 15.4. The number of pyridine rings is 1. The maximum Gasteiger partial charge on any atom is 0.416 e. The second kappa shape index (κ2) is 5.77. The van der Waals surface area contributed by atoms with Crippen LogP contribution in [0.4, 0.5) is 19.0 Å². The first-order valence-corrected chi connectivity index (χ1v) is 7.90. The summed E-state index contributed by atoms with van der Waals surface area (Å²) in [6, 6.07) is 2.47. The van der Waals surface area contributed by atoms with Crippen LogP contribution in [0.3, 0.4) is 0 Å². The van der Waals surface area contributed by atoms with E-state index >= 15 is 0 Å². The maximum absolute atomic E-state index is 12.9. The molecule has 0 N–H and O–H groups in total. The van der Waals surface area contributed by atoms with Crippen LogP contribution >= 0.6 is 0 Å². The van der Waals surface area contributed by atoms with Crippen molar-refractivity contribution in [3.63, 3.8) is 0 Å². The summed E-state index contributed by atoms with van der Waals surface area (Å²) in [6.45, 7) is 3.12. The van der Waals surface area contributed by atoms with E-state index in [9.17, 15) is 13.2 Å². The monoisotopic (exact) mass is 338 g/mol. The number of anilines is 1. The van der Waals surface area contributed by atoms with Crippen LogP contribution in [0.1, 0.15) is 17.7 Å². The summed E-state index contributed by atoms with van der Waals surface area (Å²) >= 11 is 0. The lowest BCUT2D eigenvalue weighted by Crippen LogP contribution is -2.35. The van der Waals surface area contributed by atoms with Crippen molar-refractivity contribution >= 4 is 5.82 Å². The van der Waals surface area contributed by atoms with Gasteiger partial charge in [-0.25, -0.2) is 9.97 Å². The number of hydrogen-bond donors (Lipinski definition) is 0. The molecule has 2 fully saturated rings. The van der Waals surface area contributed by atoms with Crippen molar-refractivity contribution in [2.24, 2.45) is 5.92 Å². The van der Waals surface area contributed by atoms with Crippen molar-refractivity contribution in [3.8, 4) is 0 Å². The quantitative estimate of drug-likeness (QED) is 0.861. The number of alkyl halides is 3. The number of halogens is 3. The van der Waals surface area contributed by atoms with Crippen LogP contribution in [0.25, 0.3) is 0 Å². The third-order valence-corrected chi connectivity index (χ3v) is 4.91. The molecule has 2 atom stereocenters. The summed E-state index contributed by atoms with van der Waals surface area (Å²) < 4.78 is 43.7. The standard InChI is InChI=1S/C16H17F3N4O/c17-16(18,19)12-1-3-20-15(5-12)23-6-11-2-4-22(14(11)8-23)7-13-9-24-10-21-13/h1,3,5,9-11,14H,2,4,6-8H2. The molecule has 4 heterocycles. The van der Waals surface area contributed by atoms with Crippen molar-refractivity contribution in [2.75, 3.05) is 24.5 Å². The SMILES string of the molecule is FC(F)(F)c1ccnc(N2CC3CCN(Cc4cocn4)C3C2)c1. The molecule has 0 aliphatic carbocycles. The molecule has 128 valence electrons. The molecule has 2 aromatic heterocycles. The Labute approximate surface area is 137 Å². The molecule has 2 saturated heterocycles. The van der Waals surface area contributed by atoms with Gasteiger partial charge in [-0.2, -0.15) is 13.2 Å². The highest BCUT2D eigenvalue weighted by molar-refractivity contribution is 5.44. The second-order valence-electron chi connectivity index (χ2n) is 6.37. The number of likely N-dealkylation sites (tertiary alicyclic amines) is 1. The van der Waals surface area contributed by atoms with Gasteiger partial charge < -0.3 is 9.32 Å². The van der Waals surface area contributed by atoms with E-state index in [2.05, 4.69) is 14.9 Å². The van der Waals surface area contributed by atoms with Gasteiger partial charge >= 0.3 is 6.18 Å². The van der Waals surface area contributed by atoms with Gasteiger partial charge in [-0.1, -0.05) is 0 Å². The van der Waals surface area contributed by atoms with E-state index in [-0.39, 0.29) is 0 Å². The minimum absolute atomic E-state index is 0.318. The average molecular weight is 338 g/mol. The summed E-state index contributed by atoms with van der Waals surface area (Å²) in [4.78, 5) is 12.6. The highest BCUT2D eigenvalue weighted by atomic mass is 19.4. The van der Waals surface area contributed by atoms with Gasteiger partial charge in [-0.15, -0.1) is 0 Å². The van der Waals surface area contributed by atoms with E-state index in [0.717, 1.165) is 37.3 Å². The van der Waals surface area contributed by atoms with E-state index in [1.807, 2.05) is 4.90 Å². The summed E-state index contributed by atoms with van der Waals surface area (Å²) in [7, 11) is 0. The Morgan fingerprint density at radius 2 is 2.12 bits per heavy atom. The first-order valence-electron chi connectivity index (χ1n) is 7.90. The molecule has 0 amide bonds. The van der Waals surface area contributed by atoms with Crippen molar-refractivity contribution in [1.82, 2.24) is 14.9 Å². The fourth-order valence-corrected chi connectivity index (χ4v) is 3.72. The Morgan fingerprint density at radius 1 is 1.25 bits per heavy atom. The first-order chi connectivity index (χ1) is 11.5. The molecule has 0 radical (unpaired) electrons. The zero-order valence-electron chi connectivity index (χ0n) is 12.9. The summed E-state index contributed by atoms with van der Waals surface area (Å²) in [5.41, 5.74) is 0.232. The molecule has 0 aromatic carbocycles. The van der Waals surface area contributed by atoms with Gasteiger partial charge in [0.25, 0.3) is 0 Å². The van der Waals surface area contributed by atoms with E-state index in [1.165, 1.54) is 12.6 Å². The molecule has 24 heavy (non-hydrogen) atoms. The molecule has 4 rings (SSSR count). The van der Waals surface area contributed by atoms with Crippen LogP contribution < -0.4 is 4.90 Å². The van der Waals surface area contributed by atoms with Crippen LogP contribution in [0.15, 0.2) is 35.4 Å². The number of hydrogen-bond acceptors (Lipinski definition) is 5. The number of rotatable bonds is 3. The normalized spacial score (nSPS) is 24.5. The van der Waals surface area contributed by atoms with Crippen molar-refractivity contribution < 1.29 is 17.6 Å². The van der Waals surface area contributed by atoms with E-state index in [1.54, 1.807) is 6.26 Å². The predicted octanol–water partition coefficient (Wildman–Crippen LogP) is 2.80. The smallest absolute Gasteiger partial charge is 0.416 e. The van der Waals surface area contributed by atoms with Gasteiger partial charge in [0.1, 0.15) is 12.1 Å². The zero-order chi connectivity index (χ0) is 16.7. The number of nitrogens with zero attached hydrogens (tertiary/aromatic N) is 4. The minimum atomic E-state index is -4.34. The third kappa shape index (κ3) is 2.86. The minimum Gasteiger partial charge on any atom is -0.451 e. The second-order valence-corrected chi connectivity index (χ2v) is 6.37. The van der Waals surface area contributed by atoms with Crippen molar-refractivity contribution in [2.45, 2.75) is 25.2 Å². The Balaban J connectivity index is 1.48. The molecule has 2 unspecified atom stereocenters. The van der Waals surface area contributed by atoms with Crippen LogP contribution in [-0.4, -0.2) is 40.5 Å². The number of fused-ring (bicyclic) bond motifs is 1. The average Bonchev–Trinajstić information content (AvgIpc) is 3.26. The third-order valence-electron chi connectivity index (χ3n) is 4.91. The van der Waals surface area contributed by atoms with Crippen LogP contribution in [-0.2, 0) is 12.7 Å². The molecular weight excluding hydrogens is 321 g/mol. The number of oxazole rings is 1. The van der Waals surface area contributed by atoms with Crippen molar-refractivity contribution in [1.29, 1.82) is 0 Å². The van der Waals surface area contributed by atoms with E-state index < -0.39 is 11.7 Å². The van der Waals surface area contributed by atoms with Gasteiger partial charge in [-0.05, 0) is 31.0 Å². The molecule has 0 spiro atoms. The lowest BCUT2D eigenvalue weighted by atomic mass is 10.1. The van der Waals surface area contributed by atoms with Gasteiger partial charge in [-0.3, -0.25) is 4.90 Å². The topological polar surface area (TPSA) is 45.4 Å². The predicted molar refractivity (Wildman–Crippen MR) is 80.3 cm³/mol. The fraction of sp³-hybridized carbons (Fsp3) is 0.500. The molecule has 2 aliphatic rings. The zero-order valence-corrected chi connectivity index (χ0v) is 12.9. The Kier molecular flexibility index (Phi) is 3.71. The van der Waals surface area contributed by atoms with Gasteiger partial charge in [0, 0.05) is 31.9 Å². The fourth-order valence-electron chi connectivity index (χ4n) is 3.72. The molecule has 5 nitrogen and oxygen atoms in total. The lowest BCUT2D eigenvalue weighted by molar-refractivity contribution is -0.137. The molecule has 8 heteroatoms. The summed E-state index contributed by atoms with van der Waals surface area (Å²) in [5.74, 6) is 0.855.